The Labute approximate surface area is 200 Å². The van der Waals surface area contributed by atoms with Crippen molar-refractivity contribution in [3.63, 3.8) is 0 Å². The summed E-state index contributed by atoms with van der Waals surface area (Å²) in [6.07, 6.45) is 1.44. The molecule has 0 aliphatic carbocycles. The van der Waals surface area contributed by atoms with E-state index in [4.69, 9.17) is 0 Å². The van der Waals surface area contributed by atoms with Crippen LogP contribution < -0.4 is 10.3 Å². The topological polar surface area (TPSA) is 90.7 Å². The predicted octanol–water partition coefficient (Wildman–Crippen LogP) is 4.62. The van der Waals surface area contributed by atoms with E-state index in [9.17, 15) is 9.90 Å². The number of anilines is 1. The summed E-state index contributed by atoms with van der Waals surface area (Å²) in [5.74, 6) is 0.885. The number of rotatable bonds is 11. The quantitative estimate of drug-likeness (QED) is 0.232. The van der Waals surface area contributed by atoms with Crippen LogP contribution in [0, 0.1) is 0 Å². The number of hydrogen-bond acceptors (Lipinski definition) is 9. The molecule has 0 radical (unpaired) electrons. The highest BCUT2D eigenvalue weighted by molar-refractivity contribution is 8.03. The zero-order valence-corrected chi connectivity index (χ0v) is 20.3. The van der Waals surface area contributed by atoms with Gasteiger partial charge in [0.2, 0.25) is 0 Å². The number of nitrogens with one attached hydrogen (secondary N) is 1. The molecule has 0 spiro atoms. The molecule has 0 aliphatic rings. The van der Waals surface area contributed by atoms with E-state index >= 15 is 0 Å². The average Bonchev–Trinajstić information content (AvgIpc) is 3.27. The molecular formula is C22H25N5O2S3. The van der Waals surface area contributed by atoms with Crippen molar-refractivity contribution < 1.29 is 9.90 Å². The lowest BCUT2D eigenvalue weighted by Gasteiger charge is -2.21. The molecule has 1 heterocycles. The second-order valence-corrected chi connectivity index (χ2v) is 10.0. The third-order valence-corrected chi connectivity index (χ3v) is 7.72. The van der Waals surface area contributed by atoms with Crippen LogP contribution in [0.4, 0.5) is 5.69 Å². The summed E-state index contributed by atoms with van der Waals surface area (Å²) in [6, 6.07) is 15.6. The molecule has 1 aromatic heterocycles. The molecule has 0 bridgehead atoms. The number of phenols is 1. The van der Waals surface area contributed by atoms with E-state index in [2.05, 4.69) is 51.6 Å². The van der Waals surface area contributed by atoms with E-state index in [-0.39, 0.29) is 17.4 Å². The van der Waals surface area contributed by atoms with Gasteiger partial charge in [-0.25, -0.2) is 5.43 Å². The van der Waals surface area contributed by atoms with Crippen LogP contribution in [0.25, 0.3) is 0 Å². The van der Waals surface area contributed by atoms with Crippen LogP contribution in [0.15, 0.2) is 62.3 Å². The van der Waals surface area contributed by atoms with Gasteiger partial charge in [0.15, 0.2) is 8.68 Å². The number of amides is 1. The lowest BCUT2D eigenvalue weighted by atomic mass is 10.2. The molecule has 0 saturated heterocycles. The Morgan fingerprint density at radius 3 is 2.53 bits per heavy atom. The fraction of sp³-hybridized carbons (Fsp3) is 0.273. The molecule has 0 saturated carbocycles. The Bertz CT molecular complexity index is 1040. The number of aromatic hydroxyl groups is 1. The summed E-state index contributed by atoms with van der Waals surface area (Å²) in [4.78, 5) is 14.2. The second kappa shape index (κ2) is 12.5. The van der Waals surface area contributed by atoms with Crippen molar-refractivity contribution in [2.24, 2.45) is 5.10 Å². The van der Waals surface area contributed by atoms with Crippen LogP contribution in [0.5, 0.6) is 5.75 Å². The van der Waals surface area contributed by atoms with Gasteiger partial charge in [-0.2, -0.15) is 5.10 Å². The number of nitrogens with zero attached hydrogens (tertiary/aromatic N) is 4. The Morgan fingerprint density at radius 1 is 1.12 bits per heavy atom. The molecule has 168 valence electrons. The van der Waals surface area contributed by atoms with Crippen LogP contribution >= 0.6 is 34.9 Å². The van der Waals surface area contributed by atoms with Gasteiger partial charge in [-0.05, 0) is 31.5 Å². The van der Waals surface area contributed by atoms with E-state index in [0.29, 0.717) is 5.56 Å². The van der Waals surface area contributed by atoms with Crippen LogP contribution in [-0.2, 0) is 10.5 Å². The standard InChI is InChI=1S/C22H25N5O2S3/c1-3-27(4-2)18-11-10-17(19(28)12-18)13-23-24-20(29)15-31-22-26-25-21(32-22)30-14-16-8-6-5-7-9-16/h5-13,28H,3-4,14-15H2,1-2H3,(H,24,29). The average molecular weight is 488 g/mol. The maximum Gasteiger partial charge on any atom is 0.250 e. The fourth-order valence-corrected chi connectivity index (χ4v) is 5.56. The van der Waals surface area contributed by atoms with Crippen molar-refractivity contribution in [1.82, 2.24) is 15.6 Å². The van der Waals surface area contributed by atoms with Gasteiger partial charge in [0, 0.05) is 36.2 Å². The van der Waals surface area contributed by atoms with Gasteiger partial charge < -0.3 is 10.0 Å². The number of phenolic OH excluding ortho intramolecular Hbond substituents is 1. The number of carbonyl (C=O) groups is 1. The zero-order chi connectivity index (χ0) is 22.8. The molecule has 32 heavy (non-hydrogen) atoms. The molecule has 0 aliphatic heterocycles. The molecule has 2 aromatic carbocycles. The Hall–Kier alpha value is -2.56. The van der Waals surface area contributed by atoms with Crippen LogP contribution in [0.2, 0.25) is 0 Å². The highest BCUT2D eigenvalue weighted by Crippen LogP contribution is 2.30. The largest absolute Gasteiger partial charge is 0.507 e. The number of carbonyl (C=O) groups excluding carboxylic acids is 1. The molecule has 7 nitrogen and oxygen atoms in total. The van der Waals surface area contributed by atoms with Gasteiger partial charge in [0.05, 0.1) is 12.0 Å². The summed E-state index contributed by atoms with van der Waals surface area (Å²) >= 11 is 4.42. The first-order valence-electron chi connectivity index (χ1n) is 10.1. The van der Waals surface area contributed by atoms with Gasteiger partial charge in [-0.1, -0.05) is 65.2 Å². The molecule has 0 fully saturated rings. The summed E-state index contributed by atoms with van der Waals surface area (Å²) in [5.41, 5.74) is 5.20. The van der Waals surface area contributed by atoms with Crippen molar-refractivity contribution in [2.75, 3.05) is 23.7 Å². The summed E-state index contributed by atoms with van der Waals surface area (Å²) in [6.45, 7) is 5.85. The third-order valence-electron chi connectivity index (χ3n) is 4.46. The van der Waals surface area contributed by atoms with Gasteiger partial charge in [-0.15, -0.1) is 10.2 Å². The zero-order valence-electron chi connectivity index (χ0n) is 17.9. The number of benzene rings is 2. The highest BCUT2D eigenvalue weighted by Gasteiger charge is 2.09. The van der Waals surface area contributed by atoms with Crippen molar-refractivity contribution in [3.05, 3.63) is 59.7 Å². The van der Waals surface area contributed by atoms with Gasteiger partial charge in [0.1, 0.15) is 5.75 Å². The van der Waals surface area contributed by atoms with E-state index in [0.717, 1.165) is 33.2 Å². The maximum atomic E-state index is 12.1. The van der Waals surface area contributed by atoms with Crippen LogP contribution in [0.3, 0.4) is 0 Å². The fourth-order valence-electron chi connectivity index (χ4n) is 2.79. The van der Waals surface area contributed by atoms with E-state index < -0.39 is 0 Å². The van der Waals surface area contributed by atoms with Crippen LogP contribution in [0.1, 0.15) is 25.0 Å². The van der Waals surface area contributed by atoms with Gasteiger partial charge in [-0.3, -0.25) is 4.79 Å². The van der Waals surface area contributed by atoms with Crippen LogP contribution in [-0.4, -0.2) is 46.3 Å². The monoisotopic (exact) mass is 487 g/mol. The second-order valence-electron chi connectivity index (χ2n) is 6.61. The SMILES string of the molecule is CCN(CC)c1ccc(C=NNC(=O)CSc2nnc(SCc3ccccc3)s2)c(O)c1. The minimum absolute atomic E-state index is 0.121. The highest BCUT2D eigenvalue weighted by atomic mass is 32.2. The Kier molecular flexibility index (Phi) is 9.39. The van der Waals surface area contributed by atoms with Crippen molar-refractivity contribution in [3.8, 4) is 5.75 Å². The number of hydrazone groups is 1. The first-order valence-corrected chi connectivity index (χ1v) is 12.9. The van der Waals surface area contributed by atoms with Gasteiger partial charge in [0.25, 0.3) is 5.91 Å². The summed E-state index contributed by atoms with van der Waals surface area (Å²) in [7, 11) is 0. The normalized spacial score (nSPS) is 11.1. The molecule has 0 unspecified atom stereocenters. The molecule has 1 amide bonds. The smallest absolute Gasteiger partial charge is 0.250 e. The molecule has 10 heteroatoms. The lowest BCUT2D eigenvalue weighted by Crippen LogP contribution is -2.21. The summed E-state index contributed by atoms with van der Waals surface area (Å²) in [5, 5.41) is 22.5. The number of hydrogen-bond donors (Lipinski definition) is 2. The Morgan fingerprint density at radius 2 is 1.84 bits per heavy atom. The molecule has 0 atom stereocenters. The van der Waals surface area contributed by atoms with Crippen molar-refractivity contribution in [1.29, 1.82) is 0 Å². The van der Waals surface area contributed by atoms with Gasteiger partial charge >= 0.3 is 0 Å². The minimum atomic E-state index is -0.251. The van der Waals surface area contributed by atoms with E-state index in [1.807, 2.05) is 24.3 Å². The third kappa shape index (κ3) is 7.25. The maximum absolute atomic E-state index is 12.1. The molecular weight excluding hydrogens is 462 g/mol. The number of thioether (sulfide) groups is 2. The van der Waals surface area contributed by atoms with Crippen molar-refractivity contribution >= 4 is 52.7 Å². The Balaban J connectivity index is 1.43. The minimum Gasteiger partial charge on any atom is -0.507 e. The first kappa shape index (κ1) is 24.1. The molecule has 2 N–H and O–H groups in total. The first-order chi connectivity index (χ1) is 15.6. The predicted molar refractivity (Wildman–Crippen MR) is 134 cm³/mol. The molecule has 3 rings (SSSR count). The lowest BCUT2D eigenvalue weighted by molar-refractivity contribution is -0.118. The van der Waals surface area contributed by atoms with E-state index in [1.165, 1.54) is 34.9 Å². The van der Waals surface area contributed by atoms with Crippen molar-refractivity contribution in [2.45, 2.75) is 28.3 Å². The molecule has 3 aromatic rings. The van der Waals surface area contributed by atoms with E-state index in [1.54, 1.807) is 23.9 Å². The summed E-state index contributed by atoms with van der Waals surface area (Å²) < 4.78 is 1.61. The number of aromatic nitrogens is 2.